The van der Waals surface area contributed by atoms with Crippen molar-refractivity contribution in [3.63, 3.8) is 0 Å². The van der Waals surface area contributed by atoms with Gasteiger partial charge in [0.25, 0.3) is 0 Å². The van der Waals surface area contributed by atoms with Gasteiger partial charge in [-0.25, -0.2) is 0 Å². The molecule has 2 unspecified atom stereocenters. The molecule has 1 amide bonds. The molecule has 0 saturated carbocycles. The van der Waals surface area contributed by atoms with Crippen LogP contribution in [0, 0.1) is 5.92 Å². The highest BCUT2D eigenvalue weighted by atomic mass is 16.5. The number of nitrogens with zero attached hydrogens (tertiary/aromatic N) is 2. The van der Waals surface area contributed by atoms with Crippen molar-refractivity contribution in [1.29, 1.82) is 0 Å². The van der Waals surface area contributed by atoms with Gasteiger partial charge in [-0.2, -0.15) is 0 Å². The molecule has 2 heterocycles. The van der Waals surface area contributed by atoms with Crippen molar-refractivity contribution in [3.8, 4) is 0 Å². The maximum Gasteiger partial charge on any atom is 0.229 e. The lowest BCUT2D eigenvalue weighted by molar-refractivity contribution is -0.135. The number of ether oxygens (including phenoxy) is 1. The van der Waals surface area contributed by atoms with Crippen molar-refractivity contribution < 1.29 is 9.53 Å². The van der Waals surface area contributed by atoms with Gasteiger partial charge in [-0.3, -0.25) is 9.78 Å². The van der Waals surface area contributed by atoms with Gasteiger partial charge < -0.3 is 15.4 Å². The number of nitrogens with two attached hydrogens (primary N) is 1. The van der Waals surface area contributed by atoms with Gasteiger partial charge in [-0.05, 0) is 12.1 Å². The van der Waals surface area contributed by atoms with Gasteiger partial charge in [0.1, 0.15) is 0 Å². The molecule has 2 rings (SSSR count). The van der Waals surface area contributed by atoms with Crippen LogP contribution < -0.4 is 5.73 Å². The summed E-state index contributed by atoms with van der Waals surface area (Å²) in [6.45, 7) is 1.39. The molecule has 2 atom stereocenters. The molecule has 92 valence electrons. The monoisotopic (exact) mass is 235 g/mol. The second kappa shape index (κ2) is 5.25. The van der Waals surface area contributed by atoms with E-state index in [9.17, 15) is 4.79 Å². The van der Waals surface area contributed by atoms with Gasteiger partial charge >= 0.3 is 0 Å². The van der Waals surface area contributed by atoms with Crippen LogP contribution in [-0.2, 0) is 16.1 Å². The highest BCUT2D eigenvalue weighted by molar-refractivity contribution is 5.79. The Morgan fingerprint density at radius 2 is 2.41 bits per heavy atom. The smallest absolute Gasteiger partial charge is 0.229 e. The lowest BCUT2D eigenvalue weighted by atomic mass is 10.0. The first-order chi connectivity index (χ1) is 8.18. The molecule has 17 heavy (non-hydrogen) atoms. The Hall–Kier alpha value is -1.46. The average molecular weight is 235 g/mol. The van der Waals surface area contributed by atoms with Crippen molar-refractivity contribution in [2.75, 3.05) is 20.3 Å². The van der Waals surface area contributed by atoms with Crippen LogP contribution >= 0.6 is 0 Å². The minimum Gasteiger partial charge on any atom is -0.379 e. The van der Waals surface area contributed by atoms with E-state index < -0.39 is 0 Å². The molecule has 0 aromatic carbocycles. The van der Waals surface area contributed by atoms with Crippen LogP contribution in [0.15, 0.2) is 24.4 Å². The Morgan fingerprint density at radius 1 is 1.59 bits per heavy atom. The fourth-order valence-corrected chi connectivity index (χ4v) is 1.92. The minimum absolute atomic E-state index is 0.0284. The van der Waals surface area contributed by atoms with E-state index in [1.54, 1.807) is 18.1 Å². The normalized spacial score (nSPS) is 23.6. The Bertz CT molecular complexity index is 383. The van der Waals surface area contributed by atoms with E-state index in [4.69, 9.17) is 10.5 Å². The zero-order valence-electron chi connectivity index (χ0n) is 9.87. The lowest BCUT2D eigenvalue weighted by Crippen LogP contribution is -2.41. The predicted octanol–water partition coefficient (Wildman–Crippen LogP) is 0.0137. The summed E-state index contributed by atoms with van der Waals surface area (Å²) in [5.74, 6) is -0.190. The Kier molecular flexibility index (Phi) is 3.71. The van der Waals surface area contributed by atoms with E-state index in [-0.39, 0.29) is 17.9 Å². The van der Waals surface area contributed by atoms with Crippen LogP contribution in [0.5, 0.6) is 0 Å². The summed E-state index contributed by atoms with van der Waals surface area (Å²) in [6, 6.07) is 5.47. The molecule has 5 nitrogen and oxygen atoms in total. The predicted molar refractivity (Wildman–Crippen MR) is 63.0 cm³/mol. The summed E-state index contributed by atoms with van der Waals surface area (Å²) in [5, 5.41) is 0. The van der Waals surface area contributed by atoms with Crippen LogP contribution in [0.4, 0.5) is 0 Å². The standard InChI is InChI=1S/C12H17N3O2/c1-15(6-9-4-2-3-5-14-9)12(16)10-7-17-8-11(10)13/h2-5,10-11H,6-8,13H2,1H3. The van der Waals surface area contributed by atoms with E-state index in [2.05, 4.69) is 4.98 Å². The third kappa shape index (κ3) is 2.81. The summed E-state index contributed by atoms with van der Waals surface area (Å²) < 4.78 is 5.20. The number of rotatable bonds is 3. The fraction of sp³-hybridized carbons (Fsp3) is 0.500. The number of aromatic nitrogens is 1. The first-order valence-corrected chi connectivity index (χ1v) is 5.66. The molecule has 1 fully saturated rings. The highest BCUT2D eigenvalue weighted by Gasteiger charge is 2.33. The minimum atomic E-state index is -0.219. The van der Waals surface area contributed by atoms with Crippen LogP contribution in [-0.4, -0.2) is 42.1 Å². The average Bonchev–Trinajstić information content (AvgIpc) is 2.76. The molecule has 0 bridgehead atoms. The van der Waals surface area contributed by atoms with Crippen molar-refractivity contribution in [2.24, 2.45) is 11.7 Å². The molecule has 1 aliphatic rings. The van der Waals surface area contributed by atoms with Crippen molar-refractivity contribution in [2.45, 2.75) is 12.6 Å². The van der Waals surface area contributed by atoms with Crippen LogP contribution in [0.25, 0.3) is 0 Å². The second-order valence-electron chi connectivity index (χ2n) is 4.32. The number of pyridine rings is 1. The number of carbonyl (C=O) groups excluding carboxylic acids is 1. The van der Waals surface area contributed by atoms with Gasteiger partial charge in [-0.1, -0.05) is 6.07 Å². The first-order valence-electron chi connectivity index (χ1n) is 5.66. The Morgan fingerprint density at radius 3 is 3.00 bits per heavy atom. The summed E-state index contributed by atoms with van der Waals surface area (Å²) in [6.07, 6.45) is 1.72. The zero-order valence-corrected chi connectivity index (χ0v) is 9.87. The van der Waals surface area contributed by atoms with Crippen LogP contribution in [0.3, 0.4) is 0 Å². The van der Waals surface area contributed by atoms with Gasteiger partial charge in [0.05, 0.1) is 31.4 Å². The largest absolute Gasteiger partial charge is 0.379 e. The van der Waals surface area contributed by atoms with Crippen molar-refractivity contribution >= 4 is 5.91 Å². The Balaban J connectivity index is 1.96. The topological polar surface area (TPSA) is 68.5 Å². The van der Waals surface area contributed by atoms with Gasteiger partial charge in [-0.15, -0.1) is 0 Å². The zero-order chi connectivity index (χ0) is 12.3. The molecule has 1 aliphatic heterocycles. The van der Waals surface area contributed by atoms with Gasteiger partial charge in [0.15, 0.2) is 0 Å². The summed E-state index contributed by atoms with van der Waals surface area (Å²) in [7, 11) is 1.77. The van der Waals surface area contributed by atoms with Gasteiger partial charge in [0, 0.05) is 19.3 Å². The van der Waals surface area contributed by atoms with Gasteiger partial charge in [0.2, 0.25) is 5.91 Å². The van der Waals surface area contributed by atoms with E-state index in [1.165, 1.54) is 0 Å². The van der Waals surface area contributed by atoms with E-state index in [0.717, 1.165) is 5.69 Å². The quantitative estimate of drug-likeness (QED) is 0.801. The molecule has 1 saturated heterocycles. The molecule has 1 aromatic heterocycles. The SMILES string of the molecule is CN(Cc1ccccn1)C(=O)C1COCC1N. The number of carbonyl (C=O) groups is 1. The molecule has 1 aromatic rings. The van der Waals surface area contributed by atoms with E-state index in [1.807, 2.05) is 18.2 Å². The number of hydrogen-bond donors (Lipinski definition) is 1. The molecule has 0 spiro atoms. The molecule has 5 heteroatoms. The molecule has 0 radical (unpaired) electrons. The maximum absolute atomic E-state index is 12.1. The van der Waals surface area contributed by atoms with Crippen molar-refractivity contribution in [3.05, 3.63) is 30.1 Å². The summed E-state index contributed by atoms with van der Waals surface area (Å²) in [4.78, 5) is 17.9. The first kappa shape index (κ1) is 12.0. The third-order valence-electron chi connectivity index (χ3n) is 2.94. The maximum atomic E-state index is 12.1. The number of amides is 1. The third-order valence-corrected chi connectivity index (χ3v) is 2.94. The molecular weight excluding hydrogens is 218 g/mol. The second-order valence-corrected chi connectivity index (χ2v) is 4.32. The van der Waals surface area contributed by atoms with Crippen molar-refractivity contribution in [1.82, 2.24) is 9.88 Å². The van der Waals surface area contributed by atoms with E-state index >= 15 is 0 Å². The molecular formula is C12H17N3O2. The lowest BCUT2D eigenvalue weighted by Gasteiger charge is -2.21. The van der Waals surface area contributed by atoms with Crippen LogP contribution in [0.1, 0.15) is 5.69 Å². The van der Waals surface area contributed by atoms with E-state index in [0.29, 0.717) is 19.8 Å². The molecule has 2 N–H and O–H groups in total. The molecule has 0 aliphatic carbocycles. The Labute approximate surface area is 101 Å². The summed E-state index contributed by atoms with van der Waals surface area (Å²) >= 11 is 0. The fourth-order valence-electron chi connectivity index (χ4n) is 1.92. The van der Waals surface area contributed by atoms with Crippen LogP contribution in [0.2, 0.25) is 0 Å². The summed E-state index contributed by atoms with van der Waals surface area (Å²) in [5.41, 5.74) is 6.69. The highest BCUT2D eigenvalue weighted by Crippen LogP contribution is 2.15. The number of hydrogen-bond acceptors (Lipinski definition) is 4.